The van der Waals surface area contributed by atoms with Gasteiger partial charge in [0, 0.05) is 13.0 Å². The van der Waals surface area contributed by atoms with Crippen molar-refractivity contribution in [2.75, 3.05) is 13.1 Å². The summed E-state index contributed by atoms with van der Waals surface area (Å²) in [7, 11) is 0. The fourth-order valence-electron chi connectivity index (χ4n) is 7.18. The van der Waals surface area contributed by atoms with Gasteiger partial charge in [0.15, 0.2) is 0 Å². The first-order valence-corrected chi connectivity index (χ1v) is 23.2. The van der Waals surface area contributed by atoms with Crippen LogP contribution in [0.4, 0.5) is 0 Å². The first kappa shape index (κ1) is 62.2. The van der Waals surface area contributed by atoms with Gasteiger partial charge in [0.25, 0.3) is 0 Å². The van der Waals surface area contributed by atoms with Crippen LogP contribution < -0.4 is 59.7 Å². The first-order chi connectivity index (χ1) is 33.2. The molecule has 0 aromatic rings. The third-order valence-electron chi connectivity index (χ3n) is 11.0. The smallest absolute Gasteiger partial charge is 0.305 e. The van der Waals surface area contributed by atoms with Crippen molar-refractivity contribution < 1.29 is 77.6 Å². The summed E-state index contributed by atoms with van der Waals surface area (Å²) < 4.78 is 0. The van der Waals surface area contributed by atoms with Crippen LogP contribution in [0.25, 0.3) is 0 Å². The summed E-state index contributed by atoms with van der Waals surface area (Å²) in [5.41, 5.74) is 16.0. The minimum Gasteiger partial charge on any atom is -0.481 e. The zero-order valence-electron chi connectivity index (χ0n) is 40.8. The van der Waals surface area contributed by atoms with Crippen molar-refractivity contribution in [1.82, 2.24) is 47.4 Å². The molecule has 1 aliphatic rings. The van der Waals surface area contributed by atoms with Gasteiger partial charge >= 0.3 is 5.97 Å². The average Bonchev–Trinajstić information content (AvgIpc) is 3.78. The second kappa shape index (κ2) is 30.7. The number of nitrogens with two attached hydrogens (primary N) is 3. The molecule has 28 heteroatoms. The molecule has 400 valence electrons. The highest BCUT2D eigenvalue weighted by Gasteiger charge is 2.41. The van der Waals surface area contributed by atoms with Crippen LogP contribution in [-0.4, -0.2) is 177 Å². The predicted molar refractivity (Wildman–Crippen MR) is 248 cm³/mol. The highest BCUT2D eigenvalue weighted by atomic mass is 16.4. The molecule has 0 aliphatic carbocycles. The number of amides is 11. The lowest BCUT2D eigenvalue weighted by Crippen LogP contribution is -2.61. The summed E-state index contributed by atoms with van der Waals surface area (Å²) in [5, 5.41) is 49.1. The van der Waals surface area contributed by atoms with Gasteiger partial charge < -0.3 is 84.7 Å². The van der Waals surface area contributed by atoms with Crippen molar-refractivity contribution in [3.63, 3.8) is 0 Å². The standard InChI is InChI=1S/C43H72N12O16/c1-7-8-10-24(19-56)48-42(70)34(22(5)57)53-40(68)27(16-31(46)60)51-38(66)26(15-20(2)3)50-39(67)28(17-33(62)63)52-37(65)25(12-13-30(45)59)49-41(69)29-11-9-14-55(29)43(71)35(23(6)58)54-36(64)21(4)47-32(61)18-44/h19-29,34-35,57-58H,7-18,44H2,1-6H3,(H2,45,59)(H2,46,60)(H,47,61)(H,48,70)(H,49,69)(H,50,67)(H,51,66)(H,52,65)(H,53,68)(H,54,64)(H,62,63)/t21-,22+,23+,24-,25-,26-,27-,28-,29-,34-,35-/m0/s1. The maximum absolute atomic E-state index is 13.8. The van der Waals surface area contributed by atoms with Crippen LogP contribution in [0.3, 0.4) is 0 Å². The van der Waals surface area contributed by atoms with Gasteiger partial charge in [-0.25, -0.2) is 0 Å². The molecule has 11 atom stereocenters. The predicted octanol–water partition coefficient (Wildman–Crippen LogP) is -6.35. The zero-order valence-corrected chi connectivity index (χ0v) is 40.8. The Morgan fingerprint density at radius 2 is 1.18 bits per heavy atom. The number of aliphatic hydroxyl groups is 2. The van der Waals surface area contributed by atoms with E-state index in [0.29, 0.717) is 19.1 Å². The molecule has 17 N–H and O–H groups in total. The van der Waals surface area contributed by atoms with Gasteiger partial charge in [-0.1, -0.05) is 33.6 Å². The zero-order chi connectivity index (χ0) is 54.3. The van der Waals surface area contributed by atoms with Crippen LogP contribution in [-0.2, 0) is 62.3 Å². The van der Waals surface area contributed by atoms with Crippen molar-refractivity contribution in [2.24, 2.45) is 23.1 Å². The van der Waals surface area contributed by atoms with Crippen LogP contribution in [0.5, 0.6) is 0 Å². The molecular weight excluding hydrogens is 941 g/mol. The second-order valence-corrected chi connectivity index (χ2v) is 17.7. The summed E-state index contributed by atoms with van der Waals surface area (Å²) in [5.74, 6) is -13.1. The molecule has 1 saturated heterocycles. The number of primary amides is 2. The molecule has 1 rings (SSSR count). The Bertz CT molecular complexity index is 1930. The van der Waals surface area contributed by atoms with Crippen molar-refractivity contribution in [3.8, 4) is 0 Å². The third-order valence-corrected chi connectivity index (χ3v) is 11.0. The number of nitrogens with zero attached hydrogens (tertiary/aromatic N) is 1. The Labute approximate surface area is 410 Å². The Morgan fingerprint density at radius 1 is 0.648 bits per heavy atom. The first-order valence-electron chi connectivity index (χ1n) is 23.2. The van der Waals surface area contributed by atoms with E-state index < -0.39 is 170 Å². The van der Waals surface area contributed by atoms with E-state index in [2.05, 4.69) is 42.5 Å². The van der Waals surface area contributed by atoms with Crippen LogP contribution in [0.1, 0.15) is 106 Å². The number of unbranched alkanes of at least 4 members (excludes halogenated alkanes) is 1. The van der Waals surface area contributed by atoms with E-state index in [-0.39, 0.29) is 38.1 Å². The number of likely N-dealkylation sites (tertiary alicyclic amines) is 1. The third kappa shape index (κ3) is 21.8. The maximum Gasteiger partial charge on any atom is 0.305 e. The normalized spacial score (nSPS) is 17.4. The van der Waals surface area contributed by atoms with Crippen LogP contribution in [0.2, 0.25) is 0 Å². The lowest BCUT2D eigenvalue weighted by atomic mass is 10.0. The number of aliphatic hydroxyl groups excluding tert-OH is 2. The molecule has 0 bridgehead atoms. The quantitative estimate of drug-likeness (QED) is 0.0279. The Morgan fingerprint density at radius 3 is 1.69 bits per heavy atom. The molecule has 0 aromatic carbocycles. The summed E-state index contributed by atoms with van der Waals surface area (Å²) in [6, 6.07) is -13.8. The summed E-state index contributed by atoms with van der Waals surface area (Å²) in [6.45, 7) is 8.30. The van der Waals surface area contributed by atoms with Gasteiger partial charge in [0.1, 0.15) is 54.6 Å². The number of aliphatic carboxylic acids is 1. The van der Waals surface area contributed by atoms with Crippen molar-refractivity contribution in [1.29, 1.82) is 0 Å². The summed E-state index contributed by atoms with van der Waals surface area (Å²) >= 11 is 0. The SMILES string of the molecule is CCCC[C@@H](C=O)NC(=O)[C@@H](NC(=O)[C@H](CC(N)=O)NC(=O)[C@H](CC(C)C)NC(=O)[C@H](CC(=O)O)NC(=O)[C@H](CCC(N)=O)NC(=O)[C@@H]1CCCN1C(=O)[C@@H](NC(=O)[C@H](C)NC(=O)CN)[C@@H](C)O)[C@@H](C)O. The Hall–Kier alpha value is -6.81. The number of carboxylic acids is 1. The number of aldehydes is 1. The van der Waals surface area contributed by atoms with Crippen molar-refractivity contribution >= 4 is 77.2 Å². The van der Waals surface area contributed by atoms with Crippen LogP contribution in [0, 0.1) is 5.92 Å². The highest BCUT2D eigenvalue weighted by Crippen LogP contribution is 2.20. The molecule has 71 heavy (non-hydrogen) atoms. The number of carbonyl (C=O) groups is 13. The van der Waals surface area contributed by atoms with E-state index in [4.69, 9.17) is 17.2 Å². The molecule has 0 unspecified atom stereocenters. The molecule has 11 amide bonds. The monoisotopic (exact) mass is 1010 g/mol. The lowest BCUT2D eigenvalue weighted by molar-refractivity contribution is -0.144. The minimum absolute atomic E-state index is 0.0217. The van der Waals surface area contributed by atoms with Gasteiger partial charge in [0.2, 0.25) is 65.0 Å². The van der Waals surface area contributed by atoms with Crippen molar-refractivity contribution in [3.05, 3.63) is 0 Å². The number of hydrogen-bond donors (Lipinski definition) is 14. The molecule has 1 aliphatic heterocycles. The molecule has 0 radical (unpaired) electrons. The van der Waals surface area contributed by atoms with Gasteiger partial charge in [0.05, 0.1) is 37.6 Å². The fourth-order valence-corrected chi connectivity index (χ4v) is 7.18. The minimum atomic E-state index is -1.98. The largest absolute Gasteiger partial charge is 0.481 e. The maximum atomic E-state index is 13.8. The van der Waals surface area contributed by atoms with Gasteiger partial charge in [-0.3, -0.25) is 57.5 Å². The van der Waals surface area contributed by atoms with E-state index in [9.17, 15) is 77.6 Å². The van der Waals surface area contributed by atoms with Crippen LogP contribution in [0.15, 0.2) is 0 Å². The average molecular weight is 1010 g/mol. The number of nitrogens with one attached hydrogen (secondary N) is 8. The number of carboxylic acid groups (broad SMARTS) is 1. The van der Waals surface area contributed by atoms with Crippen molar-refractivity contribution in [2.45, 2.75) is 172 Å². The Balaban J connectivity index is 3.40. The highest BCUT2D eigenvalue weighted by molar-refractivity contribution is 6.00. The molecular formula is C43H72N12O16. The summed E-state index contributed by atoms with van der Waals surface area (Å²) in [4.78, 5) is 169. The molecule has 0 spiro atoms. The van der Waals surface area contributed by atoms with E-state index >= 15 is 0 Å². The molecule has 1 heterocycles. The number of carbonyl (C=O) groups excluding carboxylic acids is 12. The molecule has 0 aromatic heterocycles. The van der Waals surface area contributed by atoms with E-state index in [1.165, 1.54) is 13.8 Å². The van der Waals surface area contributed by atoms with E-state index in [0.717, 1.165) is 11.8 Å². The van der Waals surface area contributed by atoms with Gasteiger partial charge in [-0.2, -0.15) is 0 Å². The number of hydrogen-bond acceptors (Lipinski definition) is 16. The molecule has 28 nitrogen and oxygen atoms in total. The molecule has 0 saturated carbocycles. The lowest BCUT2D eigenvalue weighted by Gasteiger charge is -2.31. The second-order valence-electron chi connectivity index (χ2n) is 17.7. The topological polar surface area (TPSA) is 460 Å². The Kier molecular flexibility index (Phi) is 26.9. The van der Waals surface area contributed by atoms with Crippen LogP contribution >= 0.6 is 0 Å². The van der Waals surface area contributed by atoms with Gasteiger partial charge in [-0.05, 0) is 58.8 Å². The molecule has 1 fully saturated rings. The van der Waals surface area contributed by atoms with Gasteiger partial charge in [-0.15, -0.1) is 0 Å². The van der Waals surface area contributed by atoms with E-state index in [1.807, 2.05) is 6.92 Å². The fraction of sp³-hybridized carbons (Fsp3) is 0.698. The van der Waals surface area contributed by atoms with E-state index in [1.54, 1.807) is 13.8 Å². The number of rotatable bonds is 32. The summed E-state index contributed by atoms with van der Waals surface area (Å²) in [6.07, 6.45) is -3.93.